The molecule has 0 bridgehead atoms. The maximum absolute atomic E-state index is 14.0. The number of ketones is 1. The number of carbonyl (C=O) groups excluding carboxylic acids is 2. The zero-order chi connectivity index (χ0) is 26.3. The summed E-state index contributed by atoms with van der Waals surface area (Å²) < 4.78 is 0. The first kappa shape index (κ1) is 25.6. The Morgan fingerprint density at radius 2 is 1.68 bits per heavy atom. The third-order valence-electron chi connectivity index (χ3n) is 7.15. The fraction of sp³-hybridized carbons (Fsp3) is 0.290. The zero-order valence-electron chi connectivity index (χ0n) is 21.2. The first-order chi connectivity index (χ1) is 17.7. The summed E-state index contributed by atoms with van der Waals surface area (Å²) in [7, 11) is 0. The van der Waals surface area contributed by atoms with Gasteiger partial charge in [0.1, 0.15) is 0 Å². The molecule has 2 aliphatic rings. The number of hydrogen-bond acceptors (Lipinski definition) is 3. The number of benzene rings is 3. The van der Waals surface area contributed by atoms with Crippen LogP contribution in [0.4, 0.5) is 11.4 Å². The molecule has 2 unspecified atom stereocenters. The highest BCUT2D eigenvalue weighted by Gasteiger charge is 2.41. The van der Waals surface area contributed by atoms with Crippen LogP contribution in [-0.2, 0) is 9.59 Å². The lowest BCUT2D eigenvalue weighted by atomic mass is 9.78. The number of amides is 1. The lowest BCUT2D eigenvalue weighted by Crippen LogP contribution is -2.39. The average Bonchev–Trinajstić information content (AvgIpc) is 3.00. The summed E-state index contributed by atoms with van der Waals surface area (Å²) in [6, 6.07) is 21.0. The number of para-hydroxylation sites is 2. The molecule has 6 heteroatoms. The van der Waals surface area contributed by atoms with E-state index in [-0.39, 0.29) is 23.5 Å². The molecule has 190 valence electrons. The predicted octanol–water partition coefficient (Wildman–Crippen LogP) is 8.25. The number of nitrogens with zero attached hydrogens (tertiary/aromatic N) is 1. The van der Waals surface area contributed by atoms with Crippen LogP contribution in [0.1, 0.15) is 61.8 Å². The monoisotopic (exact) mass is 532 g/mol. The minimum atomic E-state index is -0.514. The van der Waals surface area contributed by atoms with Crippen molar-refractivity contribution in [3.63, 3.8) is 0 Å². The Labute approximate surface area is 228 Å². The second-order valence-corrected chi connectivity index (χ2v) is 11.2. The number of Topliss-reactive ketones (excluding diaryl/α,β-unsaturated/α-hetero) is 1. The Morgan fingerprint density at radius 3 is 2.38 bits per heavy atom. The van der Waals surface area contributed by atoms with Gasteiger partial charge >= 0.3 is 0 Å². The SMILES string of the molecule is Cc1ccc(C2C3=C(CC(c4ccc(Cl)c(Cl)c4)CC3=O)Nc3ccccc3N2C(=O)CC(C)C)cc1. The van der Waals surface area contributed by atoms with Gasteiger partial charge in [-0.25, -0.2) is 0 Å². The van der Waals surface area contributed by atoms with Gasteiger partial charge in [-0.2, -0.15) is 0 Å². The number of nitrogens with one attached hydrogen (secondary N) is 1. The third-order valence-corrected chi connectivity index (χ3v) is 7.89. The summed E-state index contributed by atoms with van der Waals surface area (Å²) >= 11 is 12.5. The Morgan fingerprint density at radius 1 is 0.973 bits per heavy atom. The maximum atomic E-state index is 14.0. The van der Waals surface area contributed by atoms with Crippen molar-refractivity contribution in [2.45, 2.75) is 52.0 Å². The number of aryl methyl sites for hydroxylation is 1. The molecule has 2 atom stereocenters. The lowest BCUT2D eigenvalue weighted by Gasteiger charge is -2.35. The van der Waals surface area contributed by atoms with Gasteiger partial charge in [0.25, 0.3) is 0 Å². The van der Waals surface area contributed by atoms with Gasteiger partial charge in [0.15, 0.2) is 5.78 Å². The standard InChI is InChI=1S/C31H30Cl2N2O2/c1-18(2)14-29(37)35-27-7-5-4-6-25(27)34-26-16-22(21-12-13-23(32)24(33)15-21)17-28(36)30(26)31(35)20-10-8-19(3)9-11-20/h4-13,15,18,22,31,34H,14,16-17H2,1-3H3. The summed E-state index contributed by atoms with van der Waals surface area (Å²) in [4.78, 5) is 29.7. The van der Waals surface area contributed by atoms with E-state index < -0.39 is 6.04 Å². The molecule has 4 nitrogen and oxygen atoms in total. The molecular formula is C31H30Cl2N2O2. The number of rotatable bonds is 4. The largest absolute Gasteiger partial charge is 0.357 e. The minimum absolute atomic E-state index is 0.00276. The van der Waals surface area contributed by atoms with Gasteiger partial charge in [0.05, 0.1) is 27.5 Å². The molecule has 37 heavy (non-hydrogen) atoms. The highest BCUT2D eigenvalue weighted by atomic mass is 35.5. The van der Waals surface area contributed by atoms with Crippen molar-refractivity contribution in [3.05, 3.63) is 105 Å². The molecule has 0 aromatic heterocycles. The Kier molecular flexibility index (Phi) is 7.15. The van der Waals surface area contributed by atoms with Gasteiger partial charge in [-0.1, -0.05) is 85.1 Å². The van der Waals surface area contributed by atoms with Crippen LogP contribution in [0.2, 0.25) is 10.0 Å². The molecule has 0 radical (unpaired) electrons. The topological polar surface area (TPSA) is 49.4 Å². The summed E-state index contributed by atoms with van der Waals surface area (Å²) in [5, 5.41) is 4.55. The van der Waals surface area contributed by atoms with Crippen LogP contribution in [0, 0.1) is 12.8 Å². The van der Waals surface area contributed by atoms with Crippen molar-refractivity contribution in [2.75, 3.05) is 10.2 Å². The number of carbonyl (C=O) groups is 2. The number of fused-ring (bicyclic) bond motifs is 1. The summed E-state index contributed by atoms with van der Waals surface area (Å²) in [5.41, 5.74) is 6.15. The van der Waals surface area contributed by atoms with Crippen LogP contribution < -0.4 is 10.2 Å². The third kappa shape index (κ3) is 5.05. The van der Waals surface area contributed by atoms with E-state index in [1.165, 1.54) is 0 Å². The molecule has 0 saturated heterocycles. The molecule has 1 aliphatic heterocycles. The van der Waals surface area contributed by atoms with E-state index in [9.17, 15) is 9.59 Å². The average molecular weight is 533 g/mol. The normalized spacial score (nSPS) is 19.3. The summed E-state index contributed by atoms with van der Waals surface area (Å²) in [5.74, 6) is 0.176. The van der Waals surface area contributed by atoms with E-state index in [1.54, 1.807) is 6.07 Å². The van der Waals surface area contributed by atoms with Crippen LogP contribution in [0.15, 0.2) is 78.0 Å². The molecule has 1 heterocycles. The smallest absolute Gasteiger partial charge is 0.228 e. The van der Waals surface area contributed by atoms with Gasteiger partial charge in [0, 0.05) is 24.1 Å². The molecule has 1 amide bonds. The van der Waals surface area contributed by atoms with Crippen LogP contribution >= 0.6 is 23.2 Å². The molecule has 1 N–H and O–H groups in total. The first-order valence-corrected chi connectivity index (χ1v) is 13.4. The predicted molar refractivity (Wildman–Crippen MR) is 151 cm³/mol. The van der Waals surface area contributed by atoms with Crippen LogP contribution in [0.5, 0.6) is 0 Å². The molecule has 0 saturated carbocycles. The highest BCUT2D eigenvalue weighted by molar-refractivity contribution is 6.42. The van der Waals surface area contributed by atoms with E-state index in [2.05, 4.69) is 5.32 Å². The Bertz CT molecular complexity index is 1390. The highest BCUT2D eigenvalue weighted by Crippen LogP contribution is 2.48. The second kappa shape index (κ2) is 10.4. The fourth-order valence-electron chi connectivity index (χ4n) is 5.38. The first-order valence-electron chi connectivity index (χ1n) is 12.7. The van der Waals surface area contributed by atoms with Crippen molar-refractivity contribution in [1.82, 2.24) is 0 Å². The van der Waals surface area contributed by atoms with Gasteiger partial charge in [-0.15, -0.1) is 0 Å². The van der Waals surface area contributed by atoms with Gasteiger partial charge < -0.3 is 5.32 Å². The second-order valence-electron chi connectivity index (χ2n) is 10.4. The van der Waals surface area contributed by atoms with Crippen molar-refractivity contribution >= 4 is 46.3 Å². The van der Waals surface area contributed by atoms with Crippen molar-refractivity contribution in [3.8, 4) is 0 Å². The molecule has 3 aromatic rings. The number of hydrogen-bond donors (Lipinski definition) is 1. The van der Waals surface area contributed by atoms with E-state index in [4.69, 9.17) is 23.2 Å². The Balaban J connectivity index is 1.69. The van der Waals surface area contributed by atoms with E-state index in [1.807, 2.05) is 86.3 Å². The van der Waals surface area contributed by atoms with Crippen molar-refractivity contribution < 1.29 is 9.59 Å². The molecule has 0 fully saturated rings. The summed E-state index contributed by atoms with van der Waals surface area (Å²) in [6.07, 6.45) is 1.35. The quantitative estimate of drug-likeness (QED) is 0.367. The molecular weight excluding hydrogens is 503 g/mol. The number of allylic oxidation sites excluding steroid dienone is 1. The van der Waals surface area contributed by atoms with E-state index in [0.29, 0.717) is 34.9 Å². The van der Waals surface area contributed by atoms with Crippen LogP contribution in [0.25, 0.3) is 0 Å². The van der Waals surface area contributed by atoms with E-state index in [0.717, 1.165) is 33.8 Å². The van der Waals surface area contributed by atoms with Crippen molar-refractivity contribution in [2.24, 2.45) is 5.92 Å². The van der Waals surface area contributed by atoms with Gasteiger partial charge in [-0.05, 0) is 60.6 Å². The van der Waals surface area contributed by atoms with Gasteiger partial charge in [-0.3, -0.25) is 14.5 Å². The molecule has 1 aliphatic carbocycles. The minimum Gasteiger partial charge on any atom is -0.357 e. The number of anilines is 2. The van der Waals surface area contributed by atoms with Crippen LogP contribution in [-0.4, -0.2) is 11.7 Å². The molecule has 0 spiro atoms. The Hall–Kier alpha value is -3.08. The van der Waals surface area contributed by atoms with E-state index >= 15 is 0 Å². The zero-order valence-corrected chi connectivity index (χ0v) is 22.7. The molecule has 3 aromatic carbocycles. The fourth-order valence-corrected chi connectivity index (χ4v) is 5.69. The lowest BCUT2D eigenvalue weighted by molar-refractivity contribution is -0.119. The molecule has 5 rings (SSSR count). The van der Waals surface area contributed by atoms with Crippen LogP contribution in [0.3, 0.4) is 0 Å². The number of halogens is 2. The summed E-state index contributed by atoms with van der Waals surface area (Å²) in [6.45, 7) is 6.12. The van der Waals surface area contributed by atoms with Crippen molar-refractivity contribution in [1.29, 1.82) is 0 Å². The maximum Gasteiger partial charge on any atom is 0.228 e. The van der Waals surface area contributed by atoms with Gasteiger partial charge in [0.2, 0.25) is 5.91 Å².